The Hall–Kier alpha value is -0.120. The highest BCUT2D eigenvalue weighted by Crippen LogP contribution is 2.20. The second-order valence-electron chi connectivity index (χ2n) is 2.38. The molecule has 1 rings (SSSR count). The Morgan fingerprint density at radius 1 is 1.62 bits per heavy atom. The highest BCUT2D eigenvalue weighted by Gasteiger charge is 2.30. The first kappa shape index (κ1) is 6.01. The number of hydroxylamine groups is 3. The zero-order valence-corrected chi connectivity index (χ0v) is 5.00. The maximum atomic E-state index is 10.9. The molecule has 0 bridgehead atoms. The molecule has 0 saturated carbocycles. The van der Waals surface area contributed by atoms with E-state index in [4.69, 9.17) is 5.11 Å². The van der Waals surface area contributed by atoms with Crippen LogP contribution in [-0.2, 0) is 0 Å². The highest BCUT2D eigenvalue weighted by molar-refractivity contribution is 4.55. The van der Waals surface area contributed by atoms with Crippen LogP contribution < -0.4 is 0 Å². The van der Waals surface area contributed by atoms with Crippen molar-refractivity contribution in [3.05, 3.63) is 5.21 Å². The van der Waals surface area contributed by atoms with Gasteiger partial charge < -0.3 is 15.0 Å². The Kier molecular flexibility index (Phi) is 1.27. The predicted octanol–water partition coefficient (Wildman–Crippen LogP) is 0.0430. The lowest BCUT2D eigenvalue weighted by Gasteiger charge is -2.51. The molecule has 1 fully saturated rings. The first-order chi connectivity index (χ1) is 3.65. The third kappa shape index (κ3) is 0.727. The number of hydrogen-bond donors (Lipinski definition) is 1. The molecule has 3 nitrogen and oxygen atoms in total. The van der Waals surface area contributed by atoms with Crippen molar-refractivity contribution in [2.45, 2.75) is 19.6 Å². The van der Waals surface area contributed by atoms with Crippen LogP contribution in [0.1, 0.15) is 13.3 Å². The average Bonchev–Trinajstić information content (AvgIpc) is 1.60. The molecule has 1 atom stereocenters. The predicted molar refractivity (Wildman–Crippen MR) is 29.7 cm³/mol. The maximum Gasteiger partial charge on any atom is 0.187 e. The van der Waals surface area contributed by atoms with Crippen molar-refractivity contribution in [1.82, 2.24) is 0 Å². The monoisotopic (exact) mass is 117 g/mol. The minimum absolute atomic E-state index is 0.389. The van der Waals surface area contributed by atoms with E-state index in [1.54, 1.807) is 6.92 Å². The summed E-state index contributed by atoms with van der Waals surface area (Å²) in [4.78, 5) is 0. The van der Waals surface area contributed by atoms with Gasteiger partial charge in [0.15, 0.2) is 6.23 Å². The van der Waals surface area contributed by atoms with Crippen LogP contribution in [0, 0.1) is 5.21 Å². The standard InChI is InChI=1S/C5H11NO2/c1-5(7)6(8)3-2-4-6/h5,7H,2-4H2,1H3/t5-/m1/s1. The molecule has 1 N–H and O–H groups in total. The van der Waals surface area contributed by atoms with Gasteiger partial charge in [0, 0.05) is 13.3 Å². The molecule has 0 aromatic rings. The van der Waals surface area contributed by atoms with Gasteiger partial charge in [0.2, 0.25) is 0 Å². The van der Waals surface area contributed by atoms with Crippen molar-refractivity contribution in [2.24, 2.45) is 0 Å². The SMILES string of the molecule is C[C@@H](O)[N+]1([O-])CCC1. The van der Waals surface area contributed by atoms with Gasteiger partial charge in [-0.1, -0.05) is 0 Å². The summed E-state index contributed by atoms with van der Waals surface area (Å²) in [6.45, 7) is 2.74. The van der Waals surface area contributed by atoms with Crippen LogP contribution in [0.2, 0.25) is 0 Å². The van der Waals surface area contributed by atoms with Gasteiger partial charge in [0.1, 0.15) is 0 Å². The van der Waals surface area contributed by atoms with Crippen LogP contribution >= 0.6 is 0 Å². The largest absolute Gasteiger partial charge is 0.631 e. The average molecular weight is 117 g/mol. The number of likely N-dealkylation sites (tertiary alicyclic amines) is 1. The van der Waals surface area contributed by atoms with Crippen molar-refractivity contribution in [1.29, 1.82) is 0 Å². The van der Waals surface area contributed by atoms with Gasteiger partial charge in [0.05, 0.1) is 13.1 Å². The molecule has 0 aromatic carbocycles. The summed E-state index contributed by atoms with van der Waals surface area (Å²) < 4.78 is -0.389. The molecular weight excluding hydrogens is 106 g/mol. The summed E-state index contributed by atoms with van der Waals surface area (Å²) >= 11 is 0. The quantitative estimate of drug-likeness (QED) is 0.389. The first-order valence-corrected chi connectivity index (χ1v) is 2.91. The summed E-state index contributed by atoms with van der Waals surface area (Å²) in [6.07, 6.45) is 0.248. The lowest BCUT2D eigenvalue weighted by atomic mass is 10.2. The third-order valence-electron chi connectivity index (χ3n) is 1.75. The number of aliphatic hydroxyl groups excluding tert-OH is 1. The fourth-order valence-corrected chi connectivity index (χ4v) is 0.843. The van der Waals surface area contributed by atoms with E-state index in [9.17, 15) is 5.21 Å². The van der Waals surface area contributed by atoms with Crippen LogP contribution in [0.5, 0.6) is 0 Å². The number of hydrogen-bond acceptors (Lipinski definition) is 2. The van der Waals surface area contributed by atoms with Gasteiger partial charge in [-0.05, 0) is 0 Å². The Morgan fingerprint density at radius 2 is 2.12 bits per heavy atom. The molecule has 1 saturated heterocycles. The Bertz CT molecular complexity index is 88.4. The Labute approximate surface area is 48.7 Å². The first-order valence-electron chi connectivity index (χ1n) is 2.91. The lowest BCUT2D eigenvalue weighted by Crippen LogP contribution is -2.58. The molecule has 1 heterocycles. The second-order valence-corrected chi connectivity index (χ2v) is 2.38. The number of quaternary nitrogens is 1. The van der Waals surface area contributed by atoms with Crippen LogP contribution in [0.25, 0.3) is 0 Å². The van der Waals surface area contributed by atoms with Gasteiger partial charge in [-0.15, -0.1) is 0 Å². The molecule has 1 aliphatic rings. The minimum Gasteiger partial charge on any atom is -0.631 e. The number of rotatable bonds is 1. The van der Waals surface area contributed by atoms with E-state index in [-0.39, 0.29) is 4.65 Å². The van der Waals surface area contributed by atoms with E-state index in [1.807, 2.05) is 0 Å². The molecule has 0 radical (unpaired) electrons. The Balaban J connectivity index is 2.41. The van der Waals surface area contributed by atoms with Gasteiger partial charge in [-0.25, -0.2) is 0 Å². The molecule has 0 aromatic heterocycles. The maximum absolute atomic E-state index is 10.9. The molecule has 8 heavy (non-hydrogen) atoms. The molecule has 3 heteroatoms. The van der Waals surface area contributed by atoms with Crippen molar-refractivity contribution < 1.29 is 9.75 Å². The summed E-state index contributed by atoms with van der Waals surface area (Å²) in [7, 11) is 0. The minimum atomic E-state index is -0.719. The van der Waals surface area contributed by atoms with Crippen LogP contribution in [0.15, 0.2) is 0 Å². The van der Waals surface area contributed by atoms with Crippen molar-refractivity contribution in [3.63, 3.8) is 0 Å². The topological polar surface area (TPSA) is 43.3 Å². The van der Waals surface area contributed by atoms with E-state index in [2.05, 4.69) is 0 Å². The van der Waals surface area contributed by atoms with Crippen LogP contribution in [0.3, 0.4) is 0 Å². The van der Waals surface area contributed by atoms with Gasteiger partial charge in [-0.3, -0.25) is 0 Å². The van der Waals surface area contributed by atoms with E-state index < -0.39 is 6.23 Å². The molecule has 0 spiro atoms. The second kappa shape index (κ2) is 1.69. The van der Waals surface area contributed by atoms with Gasteiger partial charge in [-0.2, -0.15) is 0 Å². The smallest absolute Gasteiger partial charge is 0.187 e. The van der Waals surface area contributed by atoms with Crippen molar-refractivity contribution in [2.75, 3.05) is 13.1 Å². The summed E-state index contributed by atoms with van der Waals surface area (Å²) in [5, 5.41) is 19.7. The normalized spacial score (nSPS) is 28.9. The summed E-state index contributed by atoms with van der Waals surface area (Å²) in [6, 6.07) is 0. The van der Waals surface area contributed by atoms with E-state index >= 15 is 0 Å². The zero-order chi connectivity index (χ0) is 6.20. The van der Waals surface area contributed by atoms with E-state index in [0.717, 1.165) is 6.42 Å². The van der Waals surface area contributed by atoms with Crippen LogP contribution in [0.4, 0.5) is 0 Å². The third-order valence-corrected chi connectivity index (χ3v) is 1.75. The fourth-order valence-electron chi connectivity index (χ4n) is 0.843. The molecule has 0 aliphatic carbocycles. The van der Waals surface area contributed by atoms with Gasteiger partial charge in [0.25, 0.3) is 0 Å². The number of nitrogens with zero attached hydrogens (tertiary/aromatic N) is 1. The van der Waals surface area contributed by atoms with Crippen molar-refractivity contribution >= 4 is 0 Å². The fraction of sp³-hybridized carbons (Fsp3) is 1.00. The molecule has 0 unspecified atom stereocenters. The number of aliphatic hydroxyl groups is 1. The summed E-state index contributed by atoms with van der Waals surface area (Å²) in [5.74, 6) is 0. The van der Waals surface area contributed by atoms with Gasteiger partial charge >= 0.3 is 0 Å². The highest BCUT2D eigenvalue weighted by atomic mass is 16.6. The molecule has 0 amide bonds. The van der Waals surface area contributed by atoms with Crippen LogP contribution in [-0.4, -0.2) is 29.1 Å². The van der Waals surface area contributed by atoms with E-state index in [0.29, 0.717) is 13.1 Å². The Morgan fingerprint density at radius 3 is 2.12 bits per heavy atom. The van der Waals surface area contributed by atoms with E-state index in [1.165, 1.54) is 0 Å². The molecule has 1 aliphatic heterocycles. The molecular formula is C5H11NO2. The summed E-state index contributed by atoms with van der Waals surface area (Å²) in [5.41, 5.74) is 0. The van der Waals surface area contributed by atoms with Crippen molar-refractivity contribution in [3.8, 4) is 0 Å². The lowest BCUT2D eigenvalue weighted by molar-refractivity contribution is -0.959. The molecule has 48 valence electrons. The zero-order valence-electron chi connectivity index (χ0n) is 5.00.